The molecule has 0 aliphatic heterocycles. The van der Waals surface area contributed by atoms with Crippen LogP contribution >= 0.6 is 0 Å². The smallest absolute Gasteiger partial charge is 0.179 e. The summed E-state index contributed by atoms with van der Waals surface area (Å²) < 4.78 is 5.73. The van der Waals surface area contributed by atoms with Crippen LogP contribution in [0.1, 0.15) is 24.2 Å². The molecule has 0 radical (unpaired) electrons. The van der Waals surface area contributed by atoms with Crippen LogP contribution in [0.5, 0.6) is 0 Å². The van der Waals surface area contributed by atoms with E-state index in [0.717, 1.165) is 23.8 Å². The second kappa shape index (κ2) is 3.89. The SMILES string of the molecule is Cc1ccc2oc(C(=NC3CC3)NN)cc2c1. The van der Waals surface area contributed by atoms with Gasteiger partial charge in [-0.2, -0.15) is 0 Å². The van der Waals surface area contributed by atoms with E-state index in [2.05, 4.69) is 23.4 Å². The summed E-state index contributed by atoms with van der Waals surface area (Å²) in [5.74, 6) is 6.84. The lowest BCUT2D eigenvalue weighted by Crippen LogP contribution is -2.31. The number of hydrogen-bond donors (Lipinski definition) is 2. The number of fused-ring (bicyclic) bond motifs is 1. The molecule has 1 saturated carbocycles. The van der Waals surface area contributed by atoms with Gasteiger partial charge >= 0.3 is 0 Å². The Bertz CT molecular complexity index is 581. The predicted octanol–water partition coefficient (Wildman–Crippen LogP) is 2.11. The Kier molecular flexibility index (Phi) is 2.37. The van der Waals surface area contributed by atoms with Crippen molar-refractivity contribution in [3.05, 3.63) is 35.6 Å². The first-order valence-electron chi connectivity index (χ1n) is 5.81. The van der Waals surface area contributed by atoms with Crippen LogP contribution < -0.4 is 11.3 Å². The maximum absolute atomic E-state index is 5.73. The van der Waals surface area contributed by atoms with Gasteiger partial charge in [-0.3, -0.25) is 4.99 Å². The quantitative estimate of drug-likeness (QED) is 0.359. The largest absolute Gasteiger partial charge is 0.453 e. The van der Waals surface area contributed by atoms with E-state index in [1.54, 1.807) is 0 Å². The van der Waals surface area contributed by atoms with Gasteiger partial charge in [0.1, 0.15) is 5.58 Å². The van der Waals surface area contributed by atoms with Crippen molar-refractivity contribution in [3.63, 3.8) is 0 Å². The number of benzene rings is 1. The van der Waals surface area contributed by atoms with Gasteiger partial charge in [0.2, 0.25) is 0 Å². The number of nitrogens with zero attached hydrogens (tertiary/aromatic N) is 1. The maximum atomic E-state index is 5.73. The van der Waals surface area contributed by atoms with Crippen molar-refractivity contribution in [1.29, 1.82) is 0 Å². The van der Waals surface area contributed by atoms with Gasteiger partial charge in [0.15, 0.2) is 11.6 Å². The summed E-state index contributed by atoms with van der Waals surface area (Å²) >= 11 is 0. The highest BCUT2D eigenvalue weighted by Gasteiger charge is 2.22. The average molecular weight is 229 g/mol. The Morgan fingerprint density at radius 2 is 2.24 bits per heavy atom. The summed E-state index contributed by atoms with van der Waals surface area (Å²) in [4.78, 5) is 4.48. The molecule has 1 aliphatic rings. The number of hydrogen-bond acceptors (Lipinski definition) is 3. The lowest BCUT2D eigenvalue weighted by atomic mass is 10.2. The van der Waals surface area contributed by atoms with Crippen molar-refractivity contribution < 1.29 is 4.42 Å². The zero-order valence-corrected chi connectivity index (χ0v) is 9.73. The number of furan rings is 1. The molecule has 1 aliphatic carbocycles. The number of amidine groups is 1. The topological polar surface area (TPSA) is 63.5 Å². The molecule has 1 fully saturated rings. The third kappa shape index (κ3) is 2.03. The van der Waals surface area contributed by atoms with Gasteiger partial charge in [-0.1, -0.05) is 11.6 Å². The van der Waals surface area contributed by atoms with Gasteiger partial charge in [-0.15, -0.1) is 0 Å². The third-order valence-electron chi connectivity index (χ3n) is 2.90. The number of aliphatic imine (C=N–C) groups is 1. The fraction of sp³-hybridized carbons (Fsp3) is 0.308. The molecule has 17 heavy (non-hydrogen) atoms. The number of nitrogens with one attached hydrogen (secondary N) is 1. The second-order valence-corrected chi connectivity index (χ2v) is 4.51. The first-order chi connectivity index (χ1) is 8.26. The molecular weight excluding hydrogens is 214 g/mol. The van der Waals surface area contributed by atoms with Crippen LogP contribution in [-0.4, -0.2) is 11.9 Å². The van der Waals surface area contributed by atoms with Crippen LogP contribution in [0.15, 0.2) is 33.7 Å². The van der Waals surface area contributed by atoms with E-state index in [1.807, 2.05) is 18.2 Å². The monoisotopic (exact) mass is 229 g/mol. The number of nitrogens with two attached hydrogens (primary N) is 1. The van der Waals surface area contributed by atoms with E-state index < -0.39 is 0 Å². The number of aryl methyl sites for hydroxylation is 1. The Morgan fingerprint density at radius 1 is 1.41 bits per heavy atom. The molecule has 3 N–H and O–H groups in total. The van der Waals surface area contributed by atoms with Gasteiger partial charge in [0.05, 0.1) is 6.04 Å². The normalized spacial score (nSPS) is 16.5. The molecule has 0 atom stereocenters. The van der Waals surface area contributed by atoms with Crippen LogP contribution in [0.2, 0.25) is 0 Å². The first-order valence-corrected chi connectivity index (χ1v) is 5.81. The van der Waals surface area contributed by atoms with Crippen molar-refractivity contribution >= 4 is 16.8 Å². The Labute approximate surface area is 99.5 Å². The number of rotatable bonds is 2. The standard InChI is InChI=1S/C13H15N3O/c1-8-2-5-11-9(6-8)7-12(17-11)13(16-14)15-10-3-4-10/h2,5-7,10H,3-4,14H2,1H3,(H,15,16). The molecule has 4 heteroatoms. The first kappa shape index (κ1) is 10.4. The molecule has 1 aromatic heterocycles. The van der Waals surface area contributed by atoms with Crippen molar-refractivity contribution in [2.75, 3.05) is 0 Å². The molecule has 0 unspecified atom stereocenters. The summed E-state index contributed by atoms with van der Waals surface area (Å²) in [5, 5.41) is 1.08. The third-order valence-corrected chi connectivity index (χ3v) is 2.90. The molecule has 1 heterocycles. The molecule has 0 amide bonds. The minimum Gasteiger partial charge on any atom is -0.453 e. The molecule has 88 valence electrons. The average Bonchev–Trinajstić information content (AvgIpc) is 3.04. The highest BCUT2D eigenvalue weighted by Crippen LogP contribution is 2.25. The van der Waals surface area contributed by atoms with Crippen LogP contribution in [0.25, 0.3) is 11.0 Å². The van der Waals surface area contributed by atoms with Crippen molar-refractivity contribution in [2.45, 2.75) is 25.8 Å². The van der Waals surface area contributed by atoms with E-state index >= 15 is 0 Å². The van der Waals surface area contributed by atoms with E-state index in [4.69, 9.17) is 10.3 Å². The van der Waals surface area contributed by atoms with Crippen LogP contribution in [0.4, 0.5) is 0 Å². The van der Waals surface area contributed by atoms with Gasteiger partial charge < -0.3 is 9.84 Å². The molecule has 2 aromatic rings. The molecule has 4 nitrogen and oxygen atoms in total. The van der Waals surface area contributed by atoms with Gasteiger partial charge in [0.25, 0.3) is 0 Å². The fourth-order valence-corrected chi connectivity index (χ4v) is 1.84. The summed E-state index contributed by atoms with van der Waals surface area (Å²) in [7, 11) is 0. The minimum absolute atomic E-state index is 0.413. The zero-order chi connectivity index (χ0) is 11.8. The van der Waals surface area contributed by atoms with Gasteiger partial charge in [-0.05, 0) is 38.0 Å². The molecule has 0 saturated heterocycles. The predicted molar refractivity (Wildman–Crippen MR) is 67.8 cm³/mol. The van der Waals surface area contributed by atoms with Crippen molar-refractivity contribution in [1.82, 2.24) is 5.43 Å². The van der Waals surface area contributed by atoms with E-state index in [-0.39, 0.29) is 0 Å². The summed E-state index contributed by atoms with van der Waals surface area (Å²) in [6, 6.07) is 8.48. The maximum Gasteiger partial charge on any atom is 0.179 e. The van der Waals surface area contributed by atoms with Gasteiger partial charge in [-0.25, -0.2) is 5.84 Å². The van der Waals surface area contributed by atoms with Gasteiger partial charge in [0, 0.05) is 5.39 Å². The van der Waals surface area contributed by atoms with Crippen LogP contribution in [-0.2, 0) is 0 Å². The Balaban J connectivity index is 2.04. The van der Waals surface area contributed by atoms with Crippen molar-refractivity contribution in [2.24, 2.45) is 10.8 Å². The molecule has 3 rings (SSSR count). The van der Waals surface area contributed by atoms with Crippen LogP contribution in [0.3, 0.4) is 0 Å². The highest BCUT2D eigenvalue weighted by atomic mass is 16.3. The van der Waals surface area contributed by atoms with Crippen LogP contribution in [0, 0.1) is 6.92 Å². The number of hydrazine groups is 1. The molecule has 0 bridgehead atoms. The summed E-state index contributed by atoms with van der Waals surface area (Å²) in [6.45, 7) is 2.06. The minimum atomic E-state index is 0.413. The Hall–Kier alpha value is -1.81. The second-order valence-electron chi connectivity index (χ2n) is 4.51. The molecular formula is C13H15N3O. The van der Waals surface area contributed by atoms with Crippen molar-refractivity contribution in [3.8, 4) is 0 Å². The lowest BCUT2D eigenvalue weighted by Gasteiger charge is -2.00. The fourth-order valence-electron chi connectivity index (χ4n) is 1.84. The van der Waals surface area contributed by atoms with E-state index in [0.29, 0.717) is 17.6 Å². The molecule has 1 aromatic carbocycles. The summed E-state index contributed by atoms with van der Waals surface area (Å²) in [5.41, 5.74) is 4.70. The highest BCUT2D eigenvalue weighted by molar-refractivity contribution is 5.99. The lowest BCUT2D eigenvalue weighted by molar-refractivity contribution is 0.599. The molecule has 0 spiro atoms. The van der Waals surface area contributed by atoms with E-state index in [1.165, 1.54) is 5.56 Å². The Morgan fingerprint density at radius 3 is 2.94 bits per heavy atom. The van der Waals surface area contributed by atoms with E-state index in [9.17, 15) is 0 Å². The zero-order valence-electron chi connectivity index (χ0n) is 9.73. The summed E-state index contributed by atoms with van der Waals surface area (Å²) in [6.07, 6.45) is 2.29.